The Kier molecular flexibility index (Phi) is 5.09. The summed E-state index contributed by atoms with van der Waals surface area (Å²) in [6, 6.07) is 12.4. The molecule has 0 radical (unpaired) electrons. The molecule has 4 rings (SSSR count). The second kappa shape index (κ2) is 7.50. The minimum atomic E-state index is -0.761. The van der Waals surface area contributed by atoms with Crippen LogP contribution in [-0.4, -0.2) is 28.9 Å². The fourth-order valence-corrected chi connectivity index (χ4v) is 4.74. The molecule has 1 aromatic heterocycles. The fourth-order valence-electron chi connectivity index (χ4n) is 3.72. The predicted octanol–water partition coefficient (Wildman–Crippen LogP) is 5.13. The highest BCUT2D eigenvalue weighted by molar-refractivity contribution is 7.22. The van der Waals surface area contributed by atoms with Gasteiger partial charge in [0, 0.05) is 5.41 Å². The number of hydrogen-bond donors (Lipinski definition) is 1. The minimum absolute atomic E-state index is 0.111. The predicted molar refractivity (Wildman–Crippen MR) is 122 cm³/mol. The number of hydrogen-bond acceptors (Lipinski definition) is 6. The number of benzene rings is 2. The summed E-state index contributed by atoms with van der Waals surface area (Å²) in [6.07, 6.45) is 0. The van der Waals surface area contributed by atoms with Crippen LogP contribution in [0.15, 0.2) is 53.8 Å². The van der Waals surface area contributed by atoms with Crippen molar-refractivity contribution in [2.75, 3.05) is 12.0 Å². The molecule has 0 aliphatic carbocycles. The van der Waals surface area contributed by atoms with Gasteiger partial charge >= 0.3 is 0 Å². The van der Waals surface area contributed by atoms with Crippen molar-refractivity contribution in [1.29, 1.82) is 0 Å². The highest BCUT2D eigenvalue weighted by atomic mass is 32.1. The van der Waals surface area contributed by atoms with Crippen LogP contribution in [0.25, 0.3) is 10.2 Å². The van der Waals surface area contributed by atoms with Gasteiger partial charge in [-0.1, -0.05) is 61.9 Å². The number of Topliss-reactive ketones (excluding diaryl/α,β-unsaturated/α-hetero) is 1. The number of aliphatic hydroxyl groups is 1. The van der Waals surface area contributed by atoms with Crippen molar-refractivity contribution >= 4 is 38.4 Å². The Bertz CT molecular complexity index is 1240. The lowest BCUT2D eigenvalue weighted by atomic mass is 9.82. The normalized spacial score (nSPS) is 17.0. The van der Waals surface area contributed by atoms with Crippen LogP contribution < -0.4 is 9.64 Å². The SMILES string of the molecule is COc1ccc2nc(N3C(=O)C(O)=C(C(=O)C(C)(C)C)C3c3cccc(C)c3)sc2c1. The summed E-state index contributed by atoms with van der Waals surface area (Å²) in [5.74, 6) is -0.709. The molecule has 1 aliphatic heterocycles. The van der Waals surface area contributed by atoms with E-state index in [-0.39, 0.29) is 11.4 Å². The van der Waals surface area contributed by atoms with E-state index in [0.717, 1.165) is 15.8 Å². The number of nitrogens with zero attached hydrogens (tertiary/aromatic N) is 2. The van der Waals surface area contributed by atoms with Crippen LogP contribution in [0.5, 0.6) is 5.75 Å². The molecular weight excluding hydrogens is 412 g/mol. The van der Waals surface area contributed by atoms with Crippen LogP contribution in [0.3, 0.4) is 0 Å². The maximum absolute atomic E-state index is 13.3. The number of aliphatic hydroxyl groups excluding tert-OH is 1. The Hall–Kier alpha value is -3.19. The van der Waals surface area contributed by atoms with E-state index in [4.69, 9.17) is 4.74 Å². The highest BCUT2D eigenvalue weighted by Gasteiger charge is 2.47. The van der Waals surface area contributed by atoms with E-state index >= 15 is 0 Å². The Morgan fingerprint density at radius 1 is 1.19 bits per heavy atom. The van der Waals surface area contributed by atoms with Crippen molar-refractivity contribution in [3.63, 3.8) is 0 Å². The second-order valence-corrected chi connectivity index (χ2v) is 9.67. The first-order valence-electron chi connectivity index (χ1n) is 9.94. The van der Waals surface area contributed by atoms with Gasteiger partial charge < -0.3 is 9.84 Å². The molecule has 2 aromatic carbocycles. The second-order valence-electron chi connectivity index (χ2n) is 8.66. The molecule has 2 heterocycles. The molecule has 0 spiro atoms. The molecule has 0 saturated carbocycles. The Morgan fingerprint density at radius 2 is 1.94 bits per heavy atom. The summed E-state index contributed by atoms with van der Waals surface area (Å²) in [7, 11) is 1.59. The number of rotatable bonds is 4. The summed E-state index contributed by atoms with van der Waals surface area (Å²) >= 11 is 1.32. The highest BCUT2D eigenvalue weighted by Crippen LogP contribution is 2.45. The molecule has 6 nitrogen and oxygen atoms in total. The maximum atomic E-state index is 13.3. The van der Waals surface area contributed by atoms with Gasteiger partial charge in [0.1, 0.15) is 5.75 Å². The number of methoxy groups -OCH3 is 1. The topological polar surface area (TPSA) is 79.7 Å². The molecule has 160 valence electrons. The number of fused-ring (bicyclic) bond motifs is 1. The molecule has 1 atom stereocenters. The van der Waals surface area contributed by atoms with Gasteiger partial charge in [-0.05, 0) is 30.7 Å². The van der Waals surface area contributed by atoms with Gasteiger partial charge in [-0.15, -0.1) is 0 Å². The third-order valence-corrected chi connectivity index (χ3v) is 6.30. The zero-order valence-corrected chi connectivity index (χ0v) is 18.9. The van der Waals surface area contributed by atoms with Crippen molar-refractivity contribution in [1.82, 2.24) is 4.98 Å². The molecule has 0 saturated heterocycles. The van der Waals surface area contributed by atoms with Crippen LogP contribution in [0.2, 0.25) is 0 Å². The summed E-state index contributed by atoms with van der Waals surface area (Å²) < 4.78 is 6.14. The van der Waals surface area contributed by atoms with Crippen molar-refractivity contribution in [3.05, 3.63) is 64.9 Å². The minimum Gasteiger partial charge on any atom is -0.503 e. The van der Waals surface area contributed by atoms with Crippen molar-refractivity contribution < 1.29 is 19.4 Å². The molecule has 1 N–H and O–H groups in total. The molecule has 1 aliphatic rings. The quantitative estimate of drug-likeness (QED) is 0.613. The standard InChI is InChI=1S/C24H24N2O4S/c1-13-7-6-8-14(11-13)19-18(21(28)24(2,3)4)20(27)22(29)26(19)23-25-16-10-9-15(30-5)12-17(16)31-23/h6-12,19,27H,1-5H3. The number of carbonyl (C=O) groups is 2. The van der Waals surface area contributed by atoms with Gasteiger partial charge in [0.2, 0.25) is 0 Å². The van der Waals surface area contributed by atoms with Gasteiger partial charge in [0.05, 0.1) is 28.9 Å². The third-order valence-electron chi connectivity index (χ3n) is 5.28. The fraction of sp³-hybridized carbons (Fsp3) is 0.292. The van der Waals surface area contributed by atoms with E-state index in [1.54, 1.807) is 33.9 Å². The van der Waals surface area contributed by atoms with E-state index in [1.807, 2.05) is 43.3 Å². The molecule has 7 heteroatoms. The van der Waals surface area contributed by atoms with Crippen LogP contribution in [-0.2, 0) is 9.59 Å². The number of aryl methyl sites for hydroxylation is 1. The number of amides is 1. The molecule has 1 unspecified atom stereocenters. The summed E-state index contributed by atoms with van der Waals surface area (Å²) in [5, 5.41) is 11.2. The number of thiazole rings is 1. The van der Waals surface area contributed by atoms with Crippen molar-refractivity contribution in [2.45, 2.75) is 33.7 Å². The molecular formula is C24H24N2O4S. The largest absolute Gasteiger partial charge is 0.503 e. The van der Waals surface area contributed by atoms with Crippen LogP contribution in [0.4, 0.5) is 5.13 Å². The third kappa shape index (κ3) is 3.59. The average Bonchev–Trinajstić information content (AvgIpc) is 3.24. The van der Waals surface area contributed by atoms with Gasteiger partial charge in [0.15, 0.2) is 16.7 Å². The first kappa shape index (κ1) is 21.1. The van der Waals surface area contributed by atoms with E-state index in [1.165, 1.54) is 16.2 Å². The first-order valence-corrected chi connectivity index (χ1v) is 10.8. The van der Waals surface area contributed by atoms with E-state index < -0.39 is 23.1 Å². The smallest absolute Gasteiger partial charge is 0.296 e. The summed E-state index contributed by atoms with van der Waals surface area (Å²) in [5.41, 5.74) is 1.81. The lowest BCUT2D eigenvalue weighted by Crippen LogP contribution is -2.32. The number of aromatic nitrogens is 1. The van der Waals surface area contributed by atoms with Crippen LogP contribution in [0.1, 0.15) is 37.9 Å². The molecule has 0 fully saturated rings. The Labute approximate surface area is 184 Å². The zero-order chi connectivity index (χ0) is 22.5. The molecule has 31 heavy (non-hydrogen) atoms. The molecule has 1 amide bonds. The van der Waals surface area contributed by atoms with Crippen molar-refractivity contribution in [2.24, 2.45) is 5.41 Å². The zero-order valence-electron chi connectivity index (χ0n) is 18.1. The Balaban J connectivity index is 1.91. The maximum Gasteiger partial charge on any atom is 0.296 e. The number of ether oxygens (including phenoxy) is 1. The number of carbonyl (C=O) groups excluding carboxylic acids is 2. The van der Waals surface area contributed by atoms with Gasteiger partial charge in [-0.3, -0.25) is 14.5 Å². The lowest BCUT2D eigenvalue weighted by Gasteiger charge is -2.27. The lowest BCUT2D eigenvalue weighted by molar-refractivity contribution is -0.123. The monoisotopic (exact) mass is 436 g/mol. The first-order chi connectivity index (χ1) is 14.6. The number of anilines is 1. The van der Waals surface area contributed by atoms with Crippen LogP contribution >= 0.6 is 11.3 Å². The van der Waals surface area contributed by atoms with Gasteiger partial charge in [0.25, 0.3) is 5.91 Å². The summed E-state index contributed by atoms with van der Waals surface area (Å²) in [6.45, 7) is 7.28. The van der Waals surface area contributed by atoms with Crippen molar-refractivity contribution in [3.8, 4) is 5.75 Å². The molecule has 3 aromatic rings. The van der Waals surface area contributed by atoms with E-state index in [0.29, 0.717) is 16.4 Å². The van der Waals surface area contributed by atoms with Crippen LogP contribution in [0, 0.1) is 12.3 Å². The molecule has 0 bridgehead atoms. The Morgan fingerprint density at radius 3 is 2.58 bits per heavy atom. The van der Waals surface area contributed by atoms with Gasteiger partial charge in [-0.2, -0.15) is 0 Å². The van der Waals surface area contributed by atoms with E-state index in [9.17, 15) is 14.7 Å². The average molecular weight is 437 g/mol. The van der Waals surface area contributed by atoms with Gasteiger partial charge in [-0.25, -0.2) is 4.98 Å². The summed E-state index contributed by atoms with van der Waals surface area (Å²) in [4.78, 5) is 32.6. The van der Waals surface area contributed by atoms with E-state index in [2.05, 4.69) is 4.98 Å². The number of ketones is 1.